The van der Waals surface area contributed by atoms with Crippen molar-refractivity contribution in [1.82, 2.24) is 10.2 Å². The summed E-state index contributed by atoms with van der Waals surface area (Å²) in [5.41, 5.74) is 1.01. The van der Waals surface area contributed by atoms with Gasteiger partial charge in [0.25, 0.3) is 0 Å². The first-order chi connectivity index (χ1) is 11.1. The van der Waals surface area contributed by atoms with Gasteiger partial charge in [-0.25, -0.2) is 0 Å². The van der Waals surface area contributed by atoms with Gasteiger partial charge in [0.05, 0.1) is 13.7 Å². The second kappa shape index (κ2) is 8.56. The molecule has 0 radical (unpaired) electrons. The van der Waals surface area contributed by atoms with Gasteiger partial charge in [-0.1, -0.05) is 31.4 Å². The van der Waals surface area contributed by atoms with E-state index in [-0.39, 0.29) is 24.4 Å². The lowest BCUT2D eigenvalue weighted by atomic mass is 9.94. The third-order valence-electron chi connectivity index (χ3n) is 4.38. The normalized spacial score (nSPS) is 15.0. The van der Waals surface area contributed by atoms with E-state index in [0.717, 1.165) is 37.0 Å². The zero-order valence-corrected chi connectivity index (χ0v) is 14.0. The van der Waals surface area contributed by atoms with Crippen LogP contribution in [0.4, 0.5) is 0 Å². The number of ether oxygens (including phenoxy) is 1. The highest BCUT2D eigenvalue weighted by molar-refractivity contribution is 5.84. The fourth-order valence-corrected chi connectivity index (χ4v) is 3.04. The van der Waals surface area contributed by atoms with E-state index < -0.39 is 0 Å². The summed E-state index contributed by atoms with van der Waals surface area (Å²) in [7, 11) is 1.62. The maximum absolute atomic E-state index is 12.2. The number of carbonyl (C=O) groups is 2. The van der Waals surface area contributed by atoms with Crippen LogP contribution in [-0.2, 0) is 16.1 Å². The molecule has 2 amide bonds. The molecular formula is C18H26N2O3. The fourth-order valence-electron chi connectivity index (χ4n) is 3.04. The van der Waals surface area contributed by atoms with Gasteiger partial charge in [-0.2, -0.15) is 0 Å². The molecule has 0 atom stereocenters. The lowest BCUT2D eigenvalue weighted by molar-refractivity contribution is -0.137. The third kappa shape index (κ3) is 5.27. The second-order valence-corrected chi connectivity index (χ2v) is 6.06. The molecule has 0 heterocycles. The van der Waals surface area contributed by atoms with E-state index in [0.29, 0.717) is 6.54 Å². The molecule has 0 saturated heterocycles. The van der Waals surface area contributed by atoms with Crippen LogP contribution in [0.5, 0.6) is 5.75 Å². The third-order valence-corrected chi connectivity index (χ3v) is 4.38. The molecule has 0 spiro atoms. The summed E-state index contributed by atoms with van der Waals surface area (Å²) >= 11 is 0. The minimum Gasteiger partial charge on any atom is -0.497 e. The van der Waals surface area contributed by atoms with Crippen molar-refractivity contribution in [2.75, 3.05) is 13.7 Å². The minimum atomic E-state index is -0.110. The van der Waals surface area contributed by atoms with Crippen molar-refractivity contribution in [2.45, 2.75) is 51.6 Å². The van der Waals surface area contributed by atoms with E-state index in [9.17, 15) is 9.59 Å². The summed E-state index contributed by atoms with van der Waals surface area (Å²) in [6.45, 7) is 2.15. The van der Waals surface area contributed by atoms with Gasteiger partial charge in [-0.3, -0.25) is 9.59 Å². The quantitative estimate of drug-likeness (QED) is 0.876. The lowest BCUT2D eigenvalue weighted by Gasteiger charge is -2.33. The Hall–Kier alpha value is -2.04. The molecule has 0 aliphatic heterocycles. The van der Waals surface area contributed by atoms with Crippen molar-refractivity contribution < 1.29 is 14.3 Å². The zero-order valence-electron chi connectivity index (χ0n) is 14.0. The number of nitrogens with zero attached hydrogens (tertiary/aromatic N) is 1. The lowest BCUT2D eigenvalue weighted by Crippen LogP contribution is -2.46. The predicted octanol–water partition coefficient (Wildman–Crippen LogP) is 2.49. The topological polar surface area (TPSA) is 58.6 Å². The minimum absolute atomic E-state index is 0.0171. The number of rotatable bonds is 6. The first kappa shape index (κ1) is 17.3. The van der Waals surface area contributed by atoms with Crippen LogP contribution >= 0.6 is 0 Å². The highest BCUT2D eigenvalue weighted by Crippen LogP contribution is 2.22. The maximum atomic E-state index is 12.2. The summed E-state index contributed by atoms with van der Waals surface area (Å²) in [4.78, 5) is 25.7. The summed E-state index contributed by atoms with van der Waals surface area (Å²) in [5, 5.41) is 2.89. The summed E-state index contributed by atoms with van der Waals surface area (Å²) in [6.07, 6.45) is 5.52. The SMILES string of the molecule is COc1ccc(CNC(=O)CN(C(C)=O)C2CCCCC2)cc1. The van der Waals surface area contributed by atoms with Gasteiger partial charge < -0.3 is 15.0 Å². The number of benzene rings is 1. The van der Waals surface area contributed by atoms with Crippen molar-refractivity contribution >= 4 is 11.8 Å². The van der Waals surface area contributed by atoms with Crippen LogP contribution in [0.3, 0.4) is 0 Å². The van der Waals surface area contributed by atoms with E-state index in [4.69, 9.17) is 4.74 Å². The number of carbonyl (C=O) groups excluding carboxylic acids is 2. The zero-order chi connectivity index (χ0) is 16.7. The van der Waals surface area contributed by atoms with Gasteiger partial charge in [0.15, 0.2) is 0 Å². The predicted molar refractivity (Wildman–Crippen MR) is 89.1 cm³/mol. The first-order valence-corrected chi connectivity index (χ1v) is 8.27. The molecule has 1 aromatic rings. The van der Waals surface area contributed by atoms with Gasteiger partial charge in [0.1, 0.15) is 5.75 Å². The summed E-state index contributed by atoms with van der Waals surface area (Å²) in [6, 6.07) is 7.79. The number of methoxy groups -OCH3 is 1. The molecular weight excluding hydrogens is 292 g/mol. The largest absolute Gasteiger partial charge is 0.497 e. The second-order valence-electron chi connectivity index (χ2n) is 6.06. The molecule has 23 heavy (non-hydrogen) atoms. The highest BCUT2D eigenvalue weighted by Gasteiger charge is 2.24. The van der Waals surface area contributed by atoms with E-state index >= 15 is 0 Å². The van der Waals surface area contributed by atoms with E-state index in [1.54, 1.807) is 18.9 Å². The van der Waals surface area contributed by atoms with Crippen LogP contribution in [0.25, 0.3) is 0 Å². The molecule has 1 fully saturated rings. The van der Waals surface area contributed by atoms with Gasteiger partial charge in [-0.05, 0) is 30.5 Å². The Morgan fingerprint density at radius 2 is 1.83 bits per heavy atom. The van der Waals surface area contributed by atoms with Crippen LogP contribution < -0.4 is 10.1 Å². The van der Waals surface area contributed by atoms with Crippen molar-refractivity contribution in [1.29, 1.82) is 0 Å². The highest BCUT2D eigenvalue weighted by atomic mass is 16.5. The maximum Gasteiger partial charge on any atom is 0.239 e. The van der Waals surface area contributed by atoms with Crippen molar-refractivity contribution in [3.05, 3.63) is 29.8 Å². The molecule has 0 aromatic heterocycles. The average Bonchev–Trinajstić information content (AvgIpc) is 2.58. The monoisotopic (exact) mass is 318 g/mol. The van der Waals surface area contributed by atoms with Crippen LogP contribution in [0.2, 0.25) is 0 Å². The summed E-state index contributed by atoms with van der Waals surface area (Å²) < 4.78 is 5.11. The number of hydrogen-bond donors (Lipinski definition) is 1. The molecule has 1 aromatic carbocycles. The Morgan fingerprint density at radius 3 is 2.39 bits per heavy atom. The van der Waals surface area contributed by atoms with Gasteiger partial charge >= 0.3 is 0 Å². The number of nitrogens with one attached hydrogen (secondary N) is 1. The molecule has 0 bridgehead atoms. The molecule has 126 valence electrons. The smallest absolute Gasteiger partial charge is 0.239 e. The van der Waals surface area contributed by atoms with E-state index in [2.05, 4.69) is 5.32 Å². The number of hydrogen-bond acceptors (Lipinski definition) is 3. The molecule has 5 nitrogen and oxygen atoms in total. The Morgan fingerprint density at radius 1 is 1.17 bits per heavy atom. The van der Waals surface area contributed by atoms with Gasteiger partial charge in [0, 0.05) is 19.5 Å². The first-order valence-electron chi connectivity index (χ1n) is 8.27. The van der Waals surface area contributed by atoms with Crippen LogP contribution in [0, 0.1) is 0 Å². The van der Waals surface area contributed by atoms with Gasteiger partial charge in [-0.15, -0.1) is 0 Å². The molecule has 0 unspecified atom stereocenters. The Bertz CT molecular complexity index is 522. The Balaban J connectivity index is 1.84. The molecule has 1 aliphatic carbocycles. The van der Waals surface area contributed by atoms with E-state index in [1.807, 2.05) is 24.3 Å². The van der Waals surface area contributed by atoms with Crippen LogP contribution in [0.15, 0.2) is 24.3 Å². The standard InChI is InChI=1S/C18H26N2O3/c1-14(21)20(16-6-4-3-5-7-16)13-18(22)19-12-15-8-10-17(23-2)11-9-15/h8-11,16H,3-7,12-13H2,1-2H3,(H,19,22). The number of amides is 2. The fraction of sp³-hybridized carbons (Fsp3) is 0.556. The van der Waals surface area contributed by atoms with E-state index in [1.165, 1.54) is 6.42 Å². The average molecular weight is 318 g/mol. The Kier molecular flexibility index (Phi) is 6.44. The summed E-state index contributed by atoms with van der Waals surface area (Å²) in [5.74, 6) is 0.665. The molecule has 1 aliphatic rings. The van der Waals surface area contributed by atoms with Crippen LogP contribution in [-0.4, -0.2) is 36.4 Å². The van der Waals surface area contributed by atoms with Crippen molar-refractivity contribution in [3.8, 4) is 5.75 Å². The van der Waals surface area contributed by atoms with Crippen molar-refractivity contribution in [2.24, 2.45) is 0 Å². The molecule has 1 N–H and O–H groups in total. The molecule has 1 saturated carbocycles. The van der Waals surface area contributed by atoms with Crippen LogP contribution in [0.1, 0.15) is 44.6 Å². The Labute approximate surface area is 138 Å². The van der Waals surface area contributed by atoms with Crippen molar-refractivity contribution in [3.63, 3.8) is 0 Å². The van der Waals surface area contributed by atoms with Gasteiger partial charge in [0.2, 0.25) is 11.8 Å². The molecule has 5 heteroatoms. The molecule has 2 rings (SSSR count).